The monoisotopic (exact) mass is 396 g/mol. The molecule has 1 aliphatic heterocycles. The van der Waals surface area contributed by atoms with E-state index >= 15 is 0 Å². The van der Waals surface area contributed by atoms with Crippen molar-refractivity contribution in [2.24, 2.45) is 0 Å². The largest absolute Gasteiger partial charge is 0.484 e. The number of nitrogens with zero attached hydrogens (tertiary/aromatic N) is 1. The molecule has 2 aromatic rings. The summed E-state index contributed by atoms with van der Waals surface area (Å²) in [6, 6.07) is 18.2. The molecule has 0 saturated carbocycles. The van der Waals surface area contributed by atoms with Crippen LogP contribution in [0.5, 0.6) is 5.75 Å². The minimum Gasteiger partial charge on any atom is -0.484 e. The van der Waals surface area contributed by atoms with Gasteiger partial charge in [-0.1, -0.05) is 48.5 Å². The van der Waals surface area contributed by atoms with E-state index in [4.69, 9.17) is 9.47 Å². The van der Waals surface area contributed by atoms with E-state index in [2.05, 4.69) is 5.32 Å². The second-order valence-corrected chi connectivity index (χ2v) is 7.17. The van der Waals surface area contributed by atoms with Crippen LogP contribution < -0.4 is 10.1 Å². The Bertz CT molecular complexity index is 776. The van der Waals surface area contributed by atoms with Gasteiger partial charge < -0.3 is 19.7 Å². The van der Waals surface area contributed by atoms with Crippen LogP contribution in [0, 0.1) is 0 Å². The van der Waals surface area contributed by atoms with Crippen molar-refractivity contribution >= 4 is 11.8 Å². The Morgan fingerprint density at radius 2 is 1.83 bits per heavy atom. The zero-order chi connectivity index (χ0) is 20.5. The number of nitrogens with one attached hydrogen (secondary N) is 1. The normalized spacial score (nSPS) is 16.8. The topological polar surface area (TPSA) is 67.9 Å². The number of carbonyl (C=O) groups excluding carboxylic acids is 2. The first kappa shape index (κ1) is 20.9. The molecule has 6 heteroatoms. The number of hydrogen-bond acceptors (Lipinski definition) is 4. The average molecular weight is 396 g/mol. The van der Waals surface area contributed by atoms with Gasteiger partial charge in [0.25, 0.3) is 5.91 Å². The van der Waals surface area contributed by atoms with Crippen LogP contribution in [0.4, 0.5) is 0 Å². The van der Waals surface area contributed by atoms with Crippen LogP contribution in [0.15, 0.2) is 60.7 Å². The van der Waals surface area contributed by atoms with Crippen molar-refractivity contribution in [2.75, 3.05) is 19.8 Å². The summed E-state index contributed by atoms with van der Waals surface area (Å²) < 4.78 is 11.2. The van der Waals surface area contributed by atoms with Gasteiger partial charge in [-0.3, -0.25) is 9.59 Å². The predicted molar refractivity (Wildman–Crippen MR) is 110 cm³/mol. The molecule has 0 spiro atoms. The number of rotatable bonds is 9. The van der Waals surface area contributed by atoms with Crippen molar-refractivity contribution in [1.82, 2.24) is 10.2 Å². The fourth-order valence-corrected chi connectivity index (χ4v) is 3.27. The van der Waals surface area contributed by atoms with Gasteiger partial charge in [0, 0.05) is 19.7 Å². The lowest BCUT2D eigenvalue weighted by atomic mass is 10.1. The first-order chi connectivity index (χ1) is 14.1. The summed E-state index contributed by atoms with van der Waals surface area (Å²) in [5.41, 5.74) is 0.958. The number of hydrogen-bond donors (Lipinski definition) is 1. The van der Waals surface area contributed by atoms with E-state index in [1.165, 1.54) is 0 Å². The van der Waals surface area contributed by atoms with Gasteiger partial charge >= 0.3 is 0 Å². The molecular formula is C23H28N2O4. The van der Waals surface area contributed by atoms with E-state index < -0.39 is 6.04 Å². The Kier molecular flexibility index (Phi) is 7.64. The number of para-hydroxylation sites is 1. The summed E-state index contributed by atoms with van der Waals surface area (Å²) in [7, 11) is 0. The van der Waals surface area contributed by atoms with Crippen LogP contribution in [0.2, 0.25) is 0 Å². The summed E-state index contributed by atoms with van der Waals surface area (Å²) in [6.07, 6.45) is 2.03. The molecule has 2 atom stereocenters. The minimum atomic E-state index is -0.622. The van der Waals surface area contributed by atoms with Crippen molar-refractivity contribution in [2.45, 2.75) is 38.5 Å². The molecule has 3 rings (SSSR count). The second kappa shape index (κ2) is 10.6. The van der Waals surface area contributed by atoms with E-state index in [0.29, 0.717) is 18.8 Å². The molecule has 154 valence electrons. The number of amides is 2. The highest BCUT2D eigenvalue weighted by atomic mass is 16.5. The van der Waals surface area contributed by atoms with E-state index in [1.807, 2.05) is 48.5 Å². The molecule has 2 aromatic carbocycles. The van der Waals surface area contributed by atoms with Crippen molar-refractivity contribution < 1.29 is 19.1 Å². The number of ether oxygens (including phenoxy) is 2. The van der Waals surface area contributed by atoms with Crippen LogP contribution in [-0.2, 0) is 20.9 Å². The van der Waals surface area contributed by atoms with E-state index in [9.17, 15) is 9.59 Å². The summed E-state index contributed by atoms with van der Waals surface area (Å²) in [4.78, 5) is 27.2. The fraction of sp³-hybridized carbons (Fsp3) is 0.391. The van der Waals surface area contributed by atoms with Crippen LogP contribution in [-0.4, -0.2) is 48.6 Å². The molecule has 0 aliphatic carbocycles. The fourth-order valence-electron chi connectivity index (χ4n) is 3.27. The quantitative estimate of drug-likeness (QED) is 0.708. The third kappa shape index (κ3) is 6.32. The smallest absolute Gasteiger partial charge is 0.261 e. The molecule has 0 bridgehead atoms. The molecule has 1 heterocycles. The number of benzene rings is 2. The van der Waals surface area contributed by atoms with Gasteiger partial charge in [-0.05, 0) is 37.5 Å². The van der Waals surface area contributed by atoms with Crippen LogP contribution in [0.25, 0.3) is 0 Å². The van der Waals surface area contributed by atoms with E-state index in [1.54, 1.807) is 24.0 Å². The average Bonchev–Trinajstić information content (AvgIpc) is 3.29. The van der Waals surface area contributed by atoms with Crippen molar-refractivity contribution in [1.29, 1.82) is 0 Å². The minimum absolute atomic E-state index is 0.0610. The lowest BCUT2D eigenvalue weighted by Crippen LogP contribution is -2.50. The first-order valence-electron chi connectivity index (χ1n) is 10.0. The van der Waals surface area contributed by atoms with Crippen LogP contribution >= 0.6 is 0 Å². The Morgan fingerprint density at radius 3 is 2.48 bits per heavy atom. The van der Waals surface area contributed by atoms with Crippen LogP contribution in [0.3, 0.4) is 0 Å². The number of carbonyl (C=O) groups is 2. The van der Waals surface area contributed by atoms with E-state index in [-0.39, 0.29) is 24.5 Å². The van der Waals surface area contributed by atoms with Gasteiger partial charge in [-0.2, -0.15) is 0 Å². The highest BCUT2D eigenvalue weighted by Crippen LogP contribution is 2.13. The van der Waals surface area contributed by atoms with Gasteiger partial charge in [0.2, 0.25) is 5.91 Å². The van der Waals surface area contributed by atoms with Crippen molar-refractivity contribution in [3.63, 3.8) is 0 Å². The Hall–Kier alpha value is -2.86. The maximum absolute atomic E-state index is 12.9. The maximum Gasteiger partial charge on any atom is 0.261 e. The van der Waals surface area contributed by atoms with Crippen LogP contribution in [0.1, 0.15) is 25.3 Å². The first-order valence-corrected chi connectivity index (χ1v) is 10.0. The molecule has 1 saturated heterocycles. The maximum atomic E-state index is 12.9. The lowest BCUT2D eigenvalue weighted by molar-refractivity contribution is -0.142. The van der Waals surface area contributed by atoms with Crippen molar-refractivity contribution in [3.8, 4) is 5.75 Å². The second-order valence-electron chi connectivity index (χ2n) is 7.17. The zero-order valence-electron chi connectivity index (χ0n) is 16.8. The van der Waals surface area contributed by atoms with E-state index in [0.717, 1.165) is 25.0 Å². The highest BCUT2D eigenvalue weighted by molar-refractivity contribution is 5.88. The molecule has 1 N–H and O–H groups in total. The van der Waals surface area contributed by atoms with Gasteiger partial charge in [0.05, 0.1) is 6.10 Å². The third-order valence-corrected chi connectivity index (χ3v) is 5.00. The molecule has 1 aliphatic rings. The molecule has 2 amide bonds. The predicted octanol–water partition coefficient (Wildman–Crippen LogP) is 2.78. The molecule has 29 heavy (non-hydrogen) atoms. The molecular weight excluding hydrogens is 368 g/mol. The standard InChI is InChI=1S/C23H28N2O4/c1-18(23(27)24-15-21-13-8-14-28-21)25(16-19-9-4-2-5-10-19)22(26)17-29-20-11-6-3-7-12-20/h2-7,9-12,18,21H,8,13-17H2,1H3,(H,24,27)/t18-,21-/m0/s1. The Balaban J connectivity index is 1.63. The highest BCUT2D eigenvalue weighted by Gasteiger charge is 2.27. The Labute approximate surface area is 171 Å². The third-order valence-electron chi connectivity index (χ3n) is 5.00. The summed E-state index contributed by atoms with van der Waals surface area (Å²) in [5, 5.41) is 2.92. The van der Waals surface area contributed by atoms with Crippen molar-refractivity contribution in [3.05, 3.63) is 66.2 Å². The molecule has 6 nitrogen and oxygen atoms in total. The molecule has 0 radical (unpaired) electrons. The molecule has 0 unspecified atom stereocenters. The van der Waals surface area contributed by atoms with Gasteiger partial charge in [-0.25, -0.2) is 0 Å². The van der Waals surface area contributed by atoms with Gasteiger partial charge in [-0.15, -0.1) is 0 Å². The summed E-state index contributed by atoms with van der Waals surface area (Å²) in [6.45, 7) is 3.17. The molecule has 1 fully saturated rings. The lowest BCUT2D eigenvalue weighted by Gasteiger charge is -2.29. The molecule has 0 aromatic heterocycles. The summed E-state index contributed by atoms with van der Waals surface area (Å²) in [5.74, 6) is 0.193. The Morgan fingerprint density at radius 1 is 1.14 bits per heavy atom. The zero-order valence-corrected chi connectivity index (χ0v) is 16.8. The summed E-state index contributed by atoms with van der Waals surface area (Å²) >= 11 is 0. The van der Waals surface area contributed by atoms with Gasteiger partial charge in [0.15, 0.2) is 6.61 Å². The SMILES string of the molecule is C[C@@H](C(=O)NC[C@@H]1CCCO1)N(Cc1ccccc1)C(=O)COc1ccccc1. The van der Waals surface area contributed by atoms with Gasteiger partial charge in [0.1, 0.15) is 11.8 Å².